The Morgan fingerprint density at radius 2 is 1.83 bits per heavy atom. The number of unbranched alkanes of at least 4 members (excludes halogenated alkanes) is 1. The first kappa shape index (κ1) is 22.0. The van der Waals surface area contributed by atoms with Crippen LogP contribution in [0.4, 0.5) is 14.9 Å². The van der Waals surface area contributed by atoms with Gasteiger partial charge in [-0.1, -0.05) is 31.0 Å². The highest BCUT2D eigenvalue weighted by Crippen LogP contribution is 2.25. The van der Waals surface area contributed by atoms with E-state index >= 15 is 0 Å². The number of carbonyl (C=O) groups is 2. The summed E-state index contributed by atoms with van der Waals surface area (Å²) in [6, 6.07) is 13.2. The van der Waals surface area contributed by atoms with E-state index in [-0.39, 0.29) is 23.6 Å². The van der Waals surface area contributed by atoms with Gasteiger partial charge in [0.2, 0.25) is 0 Å². The van der Waals surface area contributed by atoms with E-state index in [1.165, 1.54) is 12.1 Å². The van der Waals surface area contributed by atoms with E-state index in [1.807, 2.05) is 6.07 Å². The number of halogens is 1. The summed E-state index contributed by atoms with van der Waals surface area (Å²) in [6.07, 6.45) is 5.75. The second-order valence-corrected chi connectivity index (χ2v) is 7.86. The number of ether oxygens (including phenoxy) is 1. The summed E-state index contributed by atoms with van der Waals surface area (Å²) >= 11 is 0. The number of nitrogens with two attached hydrogens (primary N) is 1. The molecule has 0 aliphatic heterocycles. The quantitative estimate of drug-likeness (QED) is 0.581. The molecule has 1 aliphatic carbocycles. The van der Waals surface area contributed by atoms with Crippen molar-refractivity contribution < 1.29 is 18.7 Å². The second-order valence-electron chi connectivity index (χ2n) is 7.86. The van der Waals surface area contributed by atoms with E-state index < -0.39 is 6.09 Å². The Morgan fingerprint density at radius 1 is 1.07 bits per heavy atom. The summed E-state index contributed by atoms with van der Waals surface area (Å²) in [4.78, 5) is 24.4. The van der Waals surface area contributed by atoms with E-state index in [0.29, 0.717) is 42.7 Å². The second kappa shape index (κ2) is 10.9. The molecule has 30 heavy (non-hydrogen) atoms. The molecule has 1 fully saturated rings. The molecule has 0 saturated heterocycles. The molecule has 3 N–H and O–H groups in total. The van der Waals surface area contributed by atoms with Gasteiger partial charge in [-0.05, 0) is 68.0 Å². The fraction of sp³-hybridized carbons (Fsp3) is 0.417. The van der Waals surface area contributed by atoms with Crippen molar-refractivity contribution in [1.82, 2.24) is 0 Å². The molecule has 2 aromatic rings. The third-order valence-corrected chi connectivity index (χ3v) is 5.60. The van der Waals surface area contributed by atoms with Crippen LogP contribution in [0.5, 0.6) is 5.75 Å². The fourth-order valence-corrected chi connectivity index (χ4v) is 3.94. The molecule has 0 radical (unpaired) electrons. The average molecular weight is 413 g/mol. The predicted molar refractivity (Wildman–Crippen MR) is 115 cm³/mol. The zero-order valence-electron chi connectivity index (χ0n) is 17.1. The number of amides is 1. The van der Waals surface area contributed by atoms with Gasteiger partial charge in [0.25, 0.3) is 0 Å². The molecule has 2 aromatic carbocycles. The first-order valence-electron chi connectivity index (χ1n) is 10.6. The number of carbonyl (C=O) groups excluding carboxylic acids is 2. The molecule has 2 atom stereocenters. The number of aryl methyl sites for hydroxylation is 1. The van der Waals surface area contributed by atoms with Crippen molar-refractivity contribution >= 4 is 17.6 Å². The predicted octanol–water partition coefficient (Wildman–Crippen LogP) is 5.24. The van der Waals surface area contributed by atoms with Crippen molar-refractivity contribution in [3.05, 3.63) is 59.9 Å². The lowest BCUT2D eigenvalue weighted by atomic mass is 9.81. The molecule has 5 nitrogen and oxygen atoms in total. The Kier molecular flexibility index (Phi) is 7.97. The normalized spacial score (nSPS) is 18.6. The third-order valence-electron chi connectivity index (χ3n) is 5.60. The largest absolute Gasteiger partial charge is 0.417 e. The maximum absolute atomic E-state index is 14.2. The molecule has 0 spiro atoms. The zero-order valence-corrected chi connectivity index (χ0v) is 17.1. The van der Waals surface area contributed by atoms with Crippen LogP contribution in [-0.4, -0.2) is 17.9 Å². The number of rotatable bonds is 8. The molecular weight excluding hydrogens is 383 g/mol. The zero-order chi connectivity index (χ0) is 21.3. The van der Waals surface area contributed by atoms with Gasteiger partial charge in [0.15, 0.2) is 0 Å². The van der Waals surface area contributed by atoms with E-state index in [1.54, 1.807) is 30.3 Å². The molecule has 6 heteroatoms. The number of anilines is 1. The van der Waals surface area contributed by atoms with Gasteiger partial charge in [-0.15, -0.1) is 0 Å². The lowest BCUT2D eigenvalue weighted by molar-refractivity contribution is -0.124. The molecule has 0 aromatic heterocycles. The van der Waals surface area contributed by atoms with Crippen molar-refractivity contribution in [1.29, 1.82) is 0 Å². The number of hydrogen-bond acceptors (Lipinski definition) is 4. The minimum Gasteiger partial charge on any atom is -0.410 e. The van der Waals surface area contributed by atoms with Gasteiger partial charge < -0.3 is 10.5 Å². The smallest absolute Gasteiger partial charge is 0.410 e. The van der Waals surface area contributed by atoms with E-state index in [0.717, 1.165) is 25.7 Å². The summed E-state index contributed by atoms with van der Waals surface area (Å²) < 4.78 is 19.3. The van der Waals surface area contributed by atoms with Crippen LogP contribution in [0.15, 0.2) is 48.5 Å². The summed E-state index contributed by atoms with van der Waals surface area (Å²) in [7, 11) is 0. The number of ketones is 1. The molecule has 0 heterocycles. The fourth-order valence-electron chi connectivity index (χ4n) is 3.94. The van der Waals surface area contributed by atoms with Gasteiger partial charge >= 0.3 is 6.09 Å². The third kappa shape index (κ3) is 6.39. The van der Waals surface area contributed by atoms with Crippen LogP contribution < -0.4 is 15.8 Å². The van der Waals surface area contributed by atoms with Crippen molar-refractivity contribution in [2.75, 3.05) is 5.32 Å². The minimum atomic E-state index is -0.631. The minimum absolute atomic E-state index is 0.0120. The number of Topliss-reactive ketones (excluding diaryl/α,β-unsaturated/α-hetero) is 1. The number of para-hydroxylation sites is 1. The highest BCUT2D eigenvalue weighted by atomic mass is 19.1. The molecule has 0 bridgehead atoms. The molecule has 2 unspecified atom stereocenters. The van der Waals surface area contributed by atoms with Gasteiger partial charge in [0.1, 0.15) is 17.3 Å². The van der Waals surface area contributed by atoms with Gasteiger partial charge in [-0.3, -0.25) is 10.1 Å². The van der Waals surface area contributed by atoms with Crippen molar-refractivity contribution in [2.45, 2.75) is 57.4 Å². The Labute approximate surface area is 176 Å². The highest BCUT2D eigenvalue weighted by Gasteiger charge is 2.27. The van der Waals surface area contributed by atoms with Crippen LogP contribution in [0.1, 0.15) is 50.5 Å². The summed E-state index contributed by atoms with van der Waals surface area (Å²) in [5.74, 6) is 0.331. The first-order chi connectivity index (χ1) is 14.5. The summed E-state index contributed by atoms with van der Waals surface area (Å²) in [6.45, 7) is 0. The number of benzene rings is 2. The highest BCUT2D eigenvalue weighted by molar-refractivity contribution is 5.86. The monoisotopic (exact) mass is 412 g/mol. The lowest BCUT2D eigenvalue weighted by Crippen LogP contribution is -2.37. The molecular formula is C24H29FN2O3. The average Bonchev–Trinajstić information content (AvgIpc) is 2.74. The van der Waals surface area contributed by atoms with Gasteiger partial charge in [0.05, 0.1) is 0 Å². The maximum Gasteiger partial charge on any atom is 0.417 e. The van der Waals surface area contributed by atoms with Crippen molar-refractivity contribution in [2.24, 2.45) is 11.7 Å². The van der Waals surface area contributed by atoms with Crippen LogP contribution in [0, 0.1) is 11.7 Å². The van der Waals surface area contributed by atoms with Gasteiger partial charge in [0, 0.05) is 24.1 Å². The van der Waals surface area contributed by atoms with Crippen molar-refractivity contribution in [3.63, 3.8) is 0 Å². The van der Waals surface area contributed by atoms with Crippen LogP contribution in [-0.2, 0) is 11.2 Å². The van der Waals surface area contributed by atoms with E-state index in [4.69, 9.17) is 10.5 Å². The Morgan fingerprint density at radius 3 is 2.60 bits per heavy atom. The summed E-state index contributed by atoms with van der Waals surface area (Å²) in [5.41, 5.74) is 7.06. The molecule has 1 amide bonds. The topological polar surface area (TPSA) is 81.4 Å². The Bertz CT molecular complexity index is 857. The van der Waals surface area contributed by atoms with Crippen LogP contribution in [0.3, 0.4) is 0 Å². The molecule has 1 aliphatic rings. The van der Waals surface area contributed by atoms with Crippen molar-refractivity contribution in [3.8, 4) is 5.75 Å². The number of nitrogens with one attached hydrogen (secondary N) is 1. The van der Waals surface area contributed by atoms with Crippen LogP contribution in [0.25, 0.3) is 0 Å². The van der Waals surface area contributed by atoms with Gasteiger partial charge in [-0.2, -0.15) is 0 Å². The summed E-state index contributed by atoms with van der Waals surface area (Å²) in [5, 5.41) is 2.62. The maximum atomic E-state index is 14.2. The van der Waals surface area contributed by atoms with E-state index in [9.17, 15) is 14.0 Å². The standard InChI is InChI=1S/C24H29FN2O3/c25-21-15-14-18(27-24(29)30-19-9-2-1-3-10-19)16-17(21)8-4-7-13-23(28)20-11-5-6-12-22(20)26/h1-3,9-10,14-16,20,22H,4-8,11-13,26H2,(H,27,29). The Balaban J connectivity index is 1.46. The molecule has 3 rings (SSSR count). The molecule has 1 saturated carbocycles. The first-order valence-corrected chi connectivity index (χ1v) is 10.6. The van der Waals surface area contributed by atoms with Crippen LogP contribution in [0.2, 0.25) is 0 Å². The SMILES string of the molecule is NC1CCCCC1C(=O)CCCCc1cc(NC(=O)Oc2ccccc2)ccc1F. The van der Waals surface area contributed by atoms with Crippen LogP contribution >= 0.6 is 0 Å². The number of hydrogen-bond donors (Lipinski definition) is 2. The van der Waals surface area contributed by atoms with Gasteiger partial charge in [-0.25, -0.2) is 9.18 Å². The Hall–Kier alpha value is -2.73. The lowest BCUT2D eigenvalue weighted by Gasteiger charge is -2.27. The molecule has 160 valence electrons. The van der Waals surface area contributed by atoms with E-state index in [2.05, 4.69) is 5.32 Å².